The van der Waals surface area contributed by atoms with Gasteiger partial charge >= 0.3 is 23.9 Å². The molecule has 0 aromatic rings. The van der Waals surface area contributed by atoms with Crippen molar-refractivity contribution in [2.75, 3.05) is 63.3 Å². The van der Waals surface area contributed by atoms with Crippen molar-refractivity contribution in [3.8, 4) is 0 Å². The number of hydrogen-bond acceptors (Lipinski definition) is 22. The molecule has 0 saturated heterocycles. The van der Waals surface area contributed by atoms with Crippen LogP contribution in [0.1, 0.15) is 240 Å². The molecule has 28 heteroatoms. The molecule has 4 atom stereocenters. The van der Waals surface area contributed by atoms with Gasteiger partial charge in [0.1, 0.15) is 61.9 Å². The predicted octanol–water partition coefficient (Wildman–Crippen LogP) is 14.5. The molecule has 0 aliphatic heterocycles. The first-order valence-electron chi connectivity index (χ1n) is 33.3. The normalized spacial score (nSPS) is 10.4. The Morgan fingerprint density at radius 3 is 0.717 bits per heavy atom. The number of carboxylic acid groups (broad SMARTS) is 4. The highest BCUT2D eigenvalue weighted by Gasteiger charge is 2.22. The molecule has 99 heavy (non-hydrogen) atoms. The fourth-order valence-electron chi connectivity index (χ4n) is 5.45. The Balaban J connectivity index is -0.0000000770. The van der Waals surface area contributed by atoms with Gasteiger partial charge in [-0.1, -0.05) is 87.1 Å². The van der Waals surface area contributed by atoms with Crippen LogP contribution >= 0.6 is 71.4 Å². The number of nitrogens with one attached hydrogen (secondary N) is 2. The number of thioether (sulfide) groups is 5. The molecule has 6 N–H and O–H groups in total. The Hall–Kier alpha value is -4.64. The van der Waals surface area contributed by atoms with Crippen molar-refractivity contribution in [1.29, 1.82) is 0 Å². The summed E-state index contributed by atoms with van der Waals surface area (Å²) in [5.41, 5.74) is 0. The monoisotopic (exact) mass is 1530 g/mol. The number of carbonyl (C=O) groups is 16. The highest BCUT2D eigenvalue weighted by Crippen LogP contribution is 2.18. The number of ketones is 6. The zero-order valence-corrected chi connectivity index (χ0v) is 68.9. The van der Waals surface area contributed by atoms with E-state index in [2.05, 4.69) is 71.4 Å². The Morgan fingerprint density at radius 1 is 0.364 bits per heavy atom. The molecule has 0 spiro atoms. The third kappa shape index (κ3) is 145. The zero-order chi connectivity index (χ0) is 80.6. The minimum atomic E-state index is -0.857. The van der Waals surface area contributed by atoms with Gasteiger partial charge in [-0.25, -0.2) is 0 Å². The van der Waals surface area contributed by atoms with Crippen molar-refractivity contribution in [2.24, 2.45) is 23.7 Å². The molecule has 22 nitrogen and oxygen atoms in total. The maximum atomic E-state index is 11.1. The largest absolute Gasteiger partial charge is 0.481 e. The molecule has 586 valence electrons. The number of Topliss-reactive ketones (excluding diaryl/α,β-unsaturated/α-hetero) is 6. The molecular formula is C71H136N2O20S6. The smallest absolute Gasteiger partial charge is 0.307 e. The number of carbonyl (C=O) groups excluding carboxylic acids is 12. The lowest BCUT2D eigenvalue weighted by atomic mass is 10.1. The molecule has 0 radical (unpaired) electrons. The molecule has 0 aliphatic carbocycles. The number of allylic oxidation sites excluding steroid dienone is 1. The van der Waals surface area contributed by atoms with Gasteiger partial charge in [0.15, 0.2) is 0 Å². The Labute approximate surface area is 624 Å². The van der Waals surface area contributed by atoms with Gasteiger partial charge in [0.05, 0.1) is 23.7 Å². The first-order chi connectivity index (χ1) is 46.6. The minimum absolute atomic E-state index is 0.0477. The van der Waals surface area contributed by atoms with E-state index in [-0.39, 0.29) is 84.3 Å². The second-order valence-electron chi connectivity index (χ2n) is 21.6. The third-order valence-electron chi connectivity index (χ3n) is 10.7. The van der Waals surface area contributed by atoms with Gasteiger partial charge < -0.3 is 79.0 Å². The second kappa shape index (κ2) is 107. The molecule has 0 saturated carbocycles. The summed E-state index contributed by atoms with van der Waals surface area (Å²) in [5.74, 6) is 4.00. The molecule has 2 amide bonds. The predicted molar refractivity (Wildman–Crippen MR) is 423 cm³/mol. The van der Waals surface area contributed by atoms with E-state index in [0.29, 0.717) is 54.4 Å². The van der Waals surface area contributed by atoms with Crippen LogP contribution in [0, 0.1) is 23.7 Å². The average molecular weight is 1530 g/mol. The molecule has 0 heterocycles. The average Bonchev–Trinajstić information content (AvgIpc) is 2.05. The number of aliphatic carboxylic acids is 4. The summed E-state index contributed by atoms with van der Waals surface area (Å²) in [4.78, 5) is 159. The van der Waals surface area contributed by atoms with Crippen LogP contribution in [-0.4, -0.2) is 193 Å². The Kier molecular flexibility index (Phi) is 134. The van der Waals surface area contributed by atoms with E-state index < -0.39 is 47.5 Å². The van der Waals surface area contributed by atoms with Crippen LogP contribution in [0.4, 0.5) is 0 Å². The lowest BCUT2D eigenvalue weighted by Crippen LogP contribution is -2.30. The third-order valence-corrected chi connectivity index (χ3v) is 17.0. The number of amides is 2. The molecule has 0 aliphatic rings. The maximum Gasteiger partial charge on any atom is 0.307 e. The van der Waals surface area contributed by atoms with Gasteiger partial charge in [-0.3, -0.25) is 28.8 Å². The van der Waals surface area contributed by atoms with E-state index in [1.165, 1.54) is 34.1 Å². The number of thiol groups is 1. The van der Waals surface area contributed by atoms with Gasteiger partial charge in [-0.2, -0.15) is 71.4 Å². The summed E-state index contributed by atoms with van der Waals surface area (Å²) in [6.07, 6.45) is 16.2. The van der Waals surface area contributed by atoms with Gasteiger partial charge in [0.25, 0.3) is 0 Å². The Morgan fingerprint density at radius 2 is 0.576 bits per heavy atom. The molecule has 0 aromatic carbocycles. The van der Waals surface area contributed by atoms with Crippen molar-refractivity contribution in [2.45, 2.75) is 252 Å². The lowest BCUT2D eigenvalue weighted by molar-refractivity contribution is -0.143. The van der Waals surface area contributed by atoms with Crippen LogP contribution in [0.2, 0.25) is 0 Å². The molecule has 0 rings (SSSR count). The minimum Gasteiger partial charge on any atom is -0.481 e. The van der Waals surface area contributed by atoms with Gasteiger partial charge in [0, 0.05) is 92.2 Å². The van der Waals surface area contributed by atoms with Crippen LogP contribution < -0.4 is 10.6 Å². The SMILES string of the molecule is C=CCC.C=O.C=O.C=O.C=O.CC(C)NC(=O)CCS.CCC(C)=O.CCC(C)=O.CCCCSCC(CC(C)=O)C(=O)O.CCCCSCC(CC(C)=O)C(=O)O.CCCCSCC(CC(C)=O)C(=O)O.CCCCSCC(CC(C)=O)C(=O)O.CCCSCCC(=O)NC(C)C. The fraction of sp³-hybridized carbons (Fsp3) is 0.746. The van der Waals surface area contributed by atoms with E-state index in [1.807, 2.05) is 86.5 Å². The standard InChI is InChI=1S/4C10H18O3S.C9H19NOS.C6H13NOS.2C4H8O.C4H8.4CH2O/c4*1-3-4-5-14-7-9(10(12)13)6-8(2)11;1-4-6-12-7-5-9(11)10-8(2)3;1-5(2)7-6(8)3-4-9;2*1-3-4(2)5;1-3-4-2;4*1-2/h4*9H,3-7H2,1-2H3,(H,12,13);8H,4-7H2,1-3H3,(H,10,11);5,9H,3-4H2,1-2H3,(H,7,8);2*3H2,1-2H3;3H,1,4H2,2H3;4*1H2. The molecule has 0 aromatic heterocycles. The molecule has 4 unspecified atom stereocenters. The summed E-state index contributed by atoms with van der Waals surface area (Å²) in [6.45, 7) is 44.6. The summed E-state index contributed by atoms with van der Waals surface area (Å²) in [7, 11) is 0. The first-order valence-corrected chi connectivity index (χ1v) is 39.7. The van der Waals surface area contributed by atoms with E-state index in [1.54, 1.807) is 60.9 Å². The van der Waals surface area contributed by atoms with E-state index in [9.17, 15) is 57.5 Å². The Bertz CT molecular complexity index is 1750. The van der Waals surface area contributed by atoms with E-state index in [4.69, 9.17) is 39.6 Å². The van der Waals surface area contributed by atoms with Crippen molar-refractivity contribution in [3.05, 3.63) is 12.7 Å². The van der Waals surface area contributed by atoms with Crippen LogP contribution in [0.3, 0.4) is 0 Å². The highest BCUT2D eigenvalue weighted by atomic mass is 32.2. The fourth-order valence-corrected chi connectivity index (χ4v) is 11.3. The number of hydrogen-bond donors (Lipinski definition) is 7. The van der Waals surface area contributed by atoms with Crippen molar-refractivity contribution in [3.63, 3.8) is 0 Å². The summed E-state index contributed by atoms with van der Waals surface area (Å²) in [6, 6.07) is 0.519. The second-order valence-corrected chi connectivity index (χ2v) is 27.8. The summed E-state index contributed by atoms with van der Waals surface area (Å²) < 4.78 is 0. The van der Waals surface area contributed by atoms with Crippen LogP contribution in [-0.2, 0) is 76.7 Å². The van der Waals surface area contributed by atoms with Gasteiger partial charge in [-0.15, -0.1) is 6.58 Å². The first kappa shape index (κ1) is 124. The van der Waals surface area contributed by atoms with Crippen LogP contribution in [0.5, 0.6) is 0 Å². The maximum absolute atomic E-state index is 11.1. The molecular weight excluding hydrogens is 1390 g/mol. The van der Waals surface area contributed by atoms with Gasteiger partial charge in [0.2, 0.25) is 11.8 Å². The van der Waals surface area contributed by atoms with Crippen molar-refractivity contribution < 1.29 is 97.1 Å². The van der Waals surface area contributed by atoms with Crippen LogP contribution in [0.25, 0.3) is 0 Å². The molecule has 0 bridgehead atoms. The number of unbranched alkanes of at least 4 members (excludes halogenated alkanes) is 4. The van der Waals surface area contributed by atoms with E-state index >= 15 is 0 Å². The zero-order valence-electron chi connectivity index (χ0n) is 63.9. The number of carboxylic acids is 4. The van der Waals surface area contributed by atoms with Crippen molar-refractivity contribution >= 4 is 169 Å². The number of rotatable bonds is 44. The van der Waals surface area contributed by atoms with Crippen molar-refractivity contribution in [1.82, 2.24) is 10.6 Å². The topological polar surface area (TPSA) is 378 Å². The van der Waals surface area contributed by atoms with E-state index in [0.717, 1.165) is 92.3 Å². The highest BCUT2D eigenvalue weighted by molar-refractivity contribution is 8.00. The quantitative estimate of drug-likeness (QED) is 0.0169. The molecule has 0 fully saturated rings. The lowest BCUT2D eigenvalue weighted by Gasteiger charge is -2.09. The summed E-state index contributed by atoms with van der Waals surface area (Å²) >= 11 is 12.3. The van der Waals surface area contributed by atoms with Gasteiger partial charge in [-0.05, 0) is 142 Å². The van der Waals surface area contributed by atoms with Crippen LogP contribution in [0.15, 0.2) is 12.7 Å². The summed E-state index contributed by atoms with van der Waals surface area (Å²) in [5, 5.41) is 40.9.